The van der Waals surface area contributed by atoms with Gasteiger partial charge in [-0.15, -0.1) is 0 Å². The zero-order chi connectivity index (χ0) is 11.1. The second kappa shape index (κ2) is 3.23. The van der Waals surface area contributed by atoms with Gasteiger partial charge in [-0.05, 0) is 24.3 Å². The Morgan fingerprint density at radius 2 is 1.60 bits per heavy atom. The quantitative estimate of drug-likeness (QED) is 0.595. The molecule has 0 spiro atoms. The van der Waals surface area contributed by atoms with Gasteiger partial charge in [0, 0.05) is 5.41 Å². The first-order valence-electron chi connectivity index (χ1n) is 5.71. The standard InChI is InChI=1S/C15H20/c1-12-6-8-13(9-7-12)15(4)11-5-10-14(15,2)3/h5-10H,11H2,1-4H3. The van der Waals surface area contributed by atoms with E-state index in [1.54, 1.807) is 0 Å². The normalized spacial score (nSPS) is 28.3. The summed E-state index contributed by atoms with van der Waals surface area (Å²) in [4.78, 5) is 0. The fourth-order valence-electron chi connectivity index (χ4n) is 2.45. The molecule has 0 aromatic heterocycles. The first kappa shape index (κ1) is 10.5. The molecule has 0 radical (unpaired) electrons. The molecule has 0 saturated heterocycles. The SMILES string of the molecule is Cc1ccc(C2(C)CC=CC2(C)C)cc1. The summed E-state index contributed by atoms with van der Waals surface area (Å²) >= 11 is 0. The van der Waals surface area contributed by atoms with E-state index in [9.17, 15) is 0 Å². The van der Waals surface area contributed by atoms with E-state index in [4.69, 9.17) is 0 Å². The van der Waals surface area contributed by atoms with Gasteiger partial charge in [-0.3, -0.25) is 0 Å². The maximum Gasteiger partial charge on any atom is 0.00447 e. The van der Waals surface area contributed by atoms with Crippen LogP contribution < -0.4 is 0 Å². The summed E-state index contributed by atoms with van der Waals surface area (Å²) in [6.07, 6.45) is 5.83. The largest absolute Gasteiger partial charge is 0.0871 e. The molecule has 0 amide bonds. The Balaban J connectivity index is 2.43. The Morgan fingerprint density at radius 3 is 2.07 bits per heavy atom. The molecule has 0 aliphatic heterocycles. The van der Waals surface area contributed by atoms with Crippen LogP contribution in [0.25, 0.3) is 0 Å². The molecular weight excluding hydrogens is 180 g/mol. The summed E-state index contributed by atoms with van der Waals surface area (Å²) in [5.41, 5.74) is 3.33. The number of rotatable bonds is 1. The van der Waals surface area contributed by atoms with Gasteiger partial charge < -0.3 is 0 Å². The van der Waals surface area contributed by atoms with Gasteiger partial charge in [0.25, 0.3) is 0 Å². The van der Waals surface area contributed by atoms with Crippen LogP contribution >= 0.6 is 0 Å². The maximum atomic E-state index is 2.37. The lowest BCUT2D eigenvalue weighted by Gasteiger charge is -2.39. The summed E-state index contributed by atoms with van der Waals surface area (Å²) in [5, 5.41) is 0. The molecule has 1 unspecified atom stereocenters. The zero-order valence-corrected chi connectivity index (χ0v) is 10.2. The maximum absolute atomic E-state index is 2.37. The van der Waals surface area contributed by atoms with Crippen molar-refractivity contribution < 1.29 is 0 Å². The van der Waals surface area contributed by atoms with Crippen LogP contribution in [0.4, 0.5) is 0 Å². The average molecular weight is 200 g/mol. The molecule has 0 saturated carbocycles. The van der Waals surface area contributed by atoms with E-state index >= 15 is 0 Å². The number of aryl methyl sites for hydroxylation is 1. The van der Waals surface area contributed by atoms with Crippen LogP contribution in [0.15, 0.2) is 36.4 Å². The van der Waals surface area contributed by atoms with Crippen molar-refractivity contribution in [2.75, 3.05) is 0 Å². The van der Waals surface area contributed by atoms with Gasteiger partial charge >= 0.3 is 0 Å². The molecule has 0 fully saturated rings. The monoisotopic (exact) mass is 200 g/mol. The van der Waals surface area contributed by atoms with E-state index < -0.39 is 0 Å². The minimum absolute atomic E-state index is 0.265. The predicted octanol–water partition coefficient (Wildman–Crippen LogP) is 4.24. The highest BCUT2D eigenvalue weighted by Gasteiger charge is 2.42. The van der Waals surface area contributed by atoms with E-state index in [0.29, 0.717) is 0 Å². The third kappa shape index (κ3) is 1.52. The minimum atomic E-state index is 0.265. The van der Waals surface area contributed by atoms with Gasteiger partial charge in [-0.25, -0.2) is 0 Å². The Kier molecular flexibility index (Phi) is 2.26. The van der Waals surface area contributed by atoms with E-state index in [2.05, 4.69) is 64.1 Å². The molecule has 0 N–H and O–H groups in total. The van der Waals surface area contributed by atoms with Crippen LogP contribution in [0, 0.1) is 12.3 Å². The molecule has 0 heterocycles. The van der Waals surface area contributed by atoms with Crippen molar-refractivity contribution in [2.45, 2.75) is 39.5 Å². The zero-order valence-electron chi connectivity index (χ0n) is 10.2. The molecule has 0 bridgehead atoms. The third-order valence-electron chi connectivity index (χ3n) is 4.17. The van der Waals surface area contributed by atoms with Crippen molar-refractivity contribution in [1.29, 1.82) is 0 Å². The summed E-state index contributed by atoms with van der Waals surface area (Å²) in [5.74, 6) is 0. The van der Waals surface area contributed by atoms with E-state index in [-0.39, 0.29) is 10.8 Å². The van der Waals surface area contributed by atoms with Gasteiger partial charge in [0.1, 0.15) is 0 Å². The summed E-state index contributed by atoms with van der Waals surface area (Å²) in [6.45, 7) is 9.18. The number of hydrogen-bond donors (Lipinski definition) is 0. The van der Waals surface area contributed by atoms with Crippen molar-refractivity contribution >= 4 is 0 Å². The molecular formula is C15H20. The highest BCUT2D eigenvalue weighted by molar-refractivity contribution is 5.35. The average Bonchev–Trinajstić information content (AvgIpc) is 2.43. The minimum Gasteiger partial charge on any atom is -0.0871 e. The van der Waals surface area contributed by atoms with Crippen molar-refractivity contribution in [2.24, 2.45) is 5.41 Å². The smallest absolute Gasteiger partial charge is 0.00447 e. The van der Waals surface area contributed by atoms with Crippen molar-refractivity contribution in [3.63, 3.8) is 0 Å². The first-order valence-corrected chi connectivity index (χ1v) is 5.71. The molecule has 1 aromatic carbocycles. The van der Waals surface area contributed by atoms with Crippen LogP contribution in [0.1, 0.15) is 38.3 Å². The molecule has 0 nitrogen and oxygen atoms in total. The second-order valence-electron chi connectivity index (χ2n) is 5.53. The van der Waals surface area contributed by atoms with Gasteiger partial charge in [-0.2, -0.15) is 0 Å². The lowest BCUT2D eigenvalue weighted by Crippen LogP contribution is -2.34. The topological polar surface area (TPSA) is 0 Å². The fourth-order valence-corrected chi connectivity index (χ4v) is 2.45. The molecule has 1 aliphatic carbocycles. The first-order chi connectivity index (χ1) is 6.96. The van der Waals surface area contributed by atoms with Gasteiger partial charge in [0.2, 0.25) is 0 Å². The second-order valence-corrected chi connectivity index (χ2v) is 5.53. The highest BCUT2D eigenvalue weighted by atomic mass is 14.5. The Morgan fingerprint density at radius 1 is 1.00 bits per heavy atom. The van der Waals surface area contributed by atoms with E-state index in [1.165, 1.54) is 11.1 Å². The predicted molar refractivity (Wildman–Crippen MR) is 66.1 cm³/mol. The van der Waals surface area contributed by atoms with Crippen LogP contribution in [0.5, 0.6) is 0 Å². The fraction of sp³-hybridized carbons (Fsp3) is 0.467. The summed E-state index contributed by atoms with van der Waals surface area (Å²) in [7, 11) is 0. The van der Waals surface area contributed by atoms with Gasteiger partial charge in [-0.1, -0.05) is 62.8 Å². The molecule has 15 heavy (non-hydrogen) atoms. The van der Waals surface area contributed by atoms with Gasteiger partial charge in [0.15, 0.2) is 0 Å². The van der Waals surface area contributed by atoms with Crippen LogP contribution in [0.2, 0.25) is 0 Å². The lowest BCUT2D eigenvalue weighted by atomic mass is 9.65. The Labute approximate surface area is 93.0 Å². The van der Waals surface area contributed by atoms with Crippen LogP contribution in [-0.2, 0) is 5.41 Å². The summed E-state index contributed by atoms with van der Waals surface area (Å²) < 4.78 is 0. The molecule has 1 aromatic rings. The van der Waals surface area contributed by atoms with E-state index in [1.807, 2.05) is 0 Å². The van der Waals surface area contributed by atoms with Crippen molar-refractivity contribution in [1.82, 2.24) is 0 Å². The number of benzene rings is 1. The van der Waals surface area contributed by atoms with Crippen LogP contribution in [0.3, 0.4) is 0 Å². The molecule has 2 rings (SSSR count). The molecule has 1 atom stereocenters. The van der Waals surface area contributed by atoms with Crippen LogP contribution in [-0.4, -0.2) is 0 Å². The number of hydrogen-bond acceptors (Lipinski definition) is 0. The molecule has 80 valence electrons. The Bertz CT molecular complexity index is 381. The van der Waals surface area contributed by atoms with Crippen molar-refractivity contribution in [3.8, 4) is 0 Å². The lowest BCUT2D eigenvalue weighted by molar-refractivity contribution is 0.267. The third-order valence-corrected chi connectivity index (χ3v) is 4.17. The Hall–Kier alpha value is -1.04. The van der Waals surface area contributed by atoms with E-state index in [0.717, 1.165) is 6.42 Å². The highest BCUT2D eigenvalue weighted by Crippen LogP contribution is 2.49. The van der Waals surface area contributed by atoms with Gasteiger partial charge in [0.05, 0.1) is 0 Å². The molecule has 0 heteroatoms. The summed E-state index contributed by atoms with van der Waals surface area (Å²) in [6, 6.07) is 9.00. The molecule has 1 aliphatic rings. The van der Waals surface area contributed by atoms with Crippen molar-refractivity contribution in [3.05, 3.63) is 47.5 Å². The number of allylic oxidation sites excluding steroid dienone is 2.